The molecule has 0 aromatic heterocycles. The minimum atomic E-state index is -3.14. The summed E-state index contributed by atoms with van der Waals surface area (Å²) in [5.74, 6) is 0.204. The first kappa shape index (κ1) is 14.1. The third-order valence-corrected chi connectivity index (χ3v) is 4.88. The third-order valence-electron chi connectivity index (χ3n) is 3.01. The lowest BCUT2D eigenvalue weighted by atomic mass is 10.2. The number of benzene rings is 1. The molecule has 0 radical (unpaired) electrons. The number of aliphatic hydroxyl groups excluding tert-OH is 2. The fourth-order valence-corrected chi connectivity index (χ4v) is 3.54. The third kappa shape index (κ3) is 3.37. The van der Waals surface area contributed by atoms with E-state index in [2.05, 4.69) is 5.32 Å². The van der Waals surface area contributed by atoms with Crippen LogP contribution in [0.25, 0.3) is 0 Å². The number of anilines is 2. The number of hydrogen-bond acceptors (Lipinski definition) is 5. The minimum absolute atomic E-state index is 0.204. The van der Waals surface area contributed by atoms with Crippen LogP contribution in [0.1, 0.15) is 6.42 Å². The second-order valence-electron chi connectivity index (χ2n) is 4.51. The fourth-order valence-electron chi connectivity index (χ4n) is 1.98. The summed E-state index contributed by atoms with van der Waals surface area (Å²) in [6.45, 7) is 0.479. The molecule has 1 saturated heterocycles. The molecule has 0 saturated carbocycles. The molecule has 3 N–H and O–H groups in total. The van der Waals surface area contributed by atoms with E-state index in [1.807, 2.05) is 0 Å². The maximum Gasteiger partial charge on any atom is 0.235 e. The Morgan fingerprint density at radius 1 is 1.32 bits per heavy atom. The molecule has 106 valence electrons. The van der Waals surface area contributed by atoms with Gasteiger partial charge in [-0.2, -0.15) is 0 Å². The molecule has 6 nitrogen and oxygen atoms in total. The van der Waals surface area contributed by atoms with Crippen molar-refractivity contribution in [1.82, 2.24) is 0 Å². The first-order chi connectivity index (χ1) is 9.03. The highest BCUT2D eigenvalue weighted by atomic mass is 32.2. The van der Waals surface area contributed by atoms with Gasteiger partial charge in [-0.15, -0.1) is 0 Å². The summed E-state index contributed by atoms with van der Waals surface area (Å²) >= 11 is 0. The fraction of sp³-hybridized carbons (Fsp3) is 0.500. The van der Waals surface area contributed by atoms with Gasteiger partial charge in [-0.1, -0.05) is 0 Å². The lowest BCUT2D eigenvalue weighted by molar-refractivity contribution is 0.105. The van der Waals surface area contributed by atoms with Crippen molar-refractivity contribution in [3.8, 4) is 0 Å². The smallest absolute Gasteiger partial charge is 0.235 e. The molecule has 1 heterocycles. The molecule has 0 amide bonds. The molecule has 1 atom stereocenters. The number of aliphatic hydroxyl groups is 2. The van der Waals surface area contributed by atoms with Gasteiger partial charge in [-0.3, -0.25) is 4.31 Å². The average Bonchev–Trinajstić information content (AvgIpc) is 2.76. The highest BCUT2D eigenvalue weighted by Gasteiger charge is 2.28. The van der Waals surface area contributed by atoms with Crippen LogP contribution in [0.5, 0.6) is 0 Å². The van der Waals surface area contributed by atoms with Gasteiger partial charge in [0, 0.05) is 18.8 Å². The minimum Gasteiger partial charge on any atom is -0.394 e. The summed E-state index contributed by atoms with van der Waals surface area (Å²) in [4.78, 5) is 0. The molecule has 1 aromatic rings. The highest BCUT2D eigenvalue weighted by Crippen LogP contribution is 2.25. The average molecular weight is 286 g/mol. The number of rotatable bonds is 5. The maximum atomic E-state index is 11.8. The molecule has 1 aliphatic heterocycles. The van der Waals surface area contributed by atoms with Gasteiger partial charge in [-0.25, -0.2) is 8.42 Å². The van der Waals surface area contributed by atoms with Gasteiger partial charge in [0.2, 0.25) is 10.0 Å². The van der Waals surface area contributed by atoms with Crippen LogP contribution in [0.2, 0.25) is 0 Å². The number of nitrogens with one attached hydrogen (secondary N) is 1. The van der Waals surface area contributed by atoms with Crippen LogP contribution in [0, 0.1) is 0 Å². The summed E-state index contributed by atoms with van der Waals surface area (Å²) in [5, 5.41) is 20.9. The lowest BCUT2D eigenvalue weighted by Crippen LogP contribution is -2.25. The van der Waals surface area contributed by atoms with Gasteiger partial charge in [0.1, 0.15) is 0 Å². The second kappa shape index (κ2) is 5.77. The van der Waals surface area contributed by atoms with Crippen LogP contribution in [-0.4, -0.2) is 50.2 Å². The first-order valence-corrected chi connectivity index (χ1v) is 7.77. The van der Waals surface area contributed by atoms with E-state index in [0.29, 0.717) is 18.7 Å². The summed E-state index contributed by atoms with van der Waals surface area (Å²) in [5.41, 5.74) is 1.43. The second-order valence-corrected chi connectivity index (χ2v) is 6.52. The molecule has 1 fully saturated rings. The van der Waals surface area contributed by atoms with E-state index in [4.69, 9.17) is 5.11 Å². The van der Waals surface area contributed by atoms with Gasteiger partial charge in [-0.05, 0) is 30.7 Å². The van der Waals surface area contributed by atoms with Gasteiger partial charge < -0.3 is 15.5 Å². The van der Waals surface area contributed by atoms with E-state index in [-0.39, 0.29) is 18.9 Å². The van der Waals surface area contributed by atoms with Gasteiger partial charge >= 0.3 is 0 Å². The van der Waals surface area contributed by atoms with Crippen molar-refractivity contribution >= 4 is 21.4 Å². The van der Waals surface area contributed by atoms with Crippen molar-refractivity contribution in [2.24, 2.45) is 0 Å². The number of nitrogens with zero attached hydrogens (tertiary/aromatic N) is 1. The summed E-state index contributed by atoms with van der Waals surface area (Å²) in [7, 11) is -3.14. The van der Waals surface area contributed by atoms with Crippen molar-refractivity contribution in [1.29, 1.82) is 0 Å². The van der Waals surface area contributed by atoms with Crippen molar-refractivity contribution in [2.75, 3.05) is 35.1 Å². The Hall–Kier alpha value is -1.31. The Balaban J connectivity index is 2.02. The maximum absolute atomic E-state index is 11.8. The van der Waals surface area contributed by atoms with E-state index in [1.54, 1.807) is 24.3 Å². The van der Waals surface area contributed by atoms with Crippen LogP contribution < -0.4 is 9.62 Å². The zero-order chi connectivity index (χ0) is 13.9. The van der Waals surface area contributed by atoms with Gasteiger partial charge in [0.05, 0.1) is 24.2 Å². The molecular formula is C12H18N2O4S. The van der Waals surface area contributed by atoms with Gasteiger partial charge in [0.15, 0.2) is 0 Å². The standard InChI is InChI=1S/C12H18N2O4S/c15-9-12(16)8-13-10-2-4-11(5-3-10)14-6-1-7-19(14,17)18/h2-5,12-13,15-16H,1,6-9H2. The molecule has 1 aromatic carbocycles. The zero-order valence-electron chi connectivity index (χ0n) is 10.5. The normalized spacial score (nSPS) is 19.4. The monoisotopic (exact) mass is 286 g/mol. The van der Waals surface area contributed by atoms with Crippen LogP contribution >= 0.6 is 0 Å². The Labute approximate surface area is 112 Å². The van der Waals surface area contributed by atoms with Crippen molar-refractivity contribution in [2.45, 2.75) is 12.5 Å². The van der Waals surface area contributed by atoms with E-state index in [1.165, 1.54) is 4.31 Å². The molecule has 19 heavy (non-hydrogen) atoms. The molecule has 2 rings (SSSR count). The zero-order valence-corrected chi connectivity index (χ0v) is 11.3. The summed E-state index contributed by atoms with van der Waals surface area (Å²) < 4.78 is 24.9. The Bertz CT molecular complexity index is 515. The molecule has 0 aliphatic carbocycles. The Kier molecular flexibility index (Phi) is 4.28. The molecular weight excluding hydrogens is 268 g/mol. The van der Waals surface area contributed by atoms with Crippen molar-refractivity contribution in [3.05, 3.63) is 24.3 Å². The van der Waals surface area contributed by atoms with E-state index in [9.17, 15) is 13.5 Å². The number of hydrogen-bond donors (Lipinski definition) is 3. The molecule has 0 bridgehead atoms. The Morgan fingerprint density at radius 3 is 2.53 bits per heavy atom. The van der Waals surface area contributed by atoms with Crippen molar-refractivity contribution in [3.63, 3.8) is 0 Å². The van der Waals surface area contributed by atoms with E-state index >= 15 is 0 Å². The van der Waals surface area contributed by atoms with Crippen LogP contribution in [0.15, 0.2) is 24.3 Å². The van der Waals surface area contributed by atoms with E-state index in [0.717, 1.165) is 5.69 Å². The first-order valence-electron chi connectivity index (χ1n) is 6.16. The topological polar surface area (TPSA) is 89.9 Å². The van der Waals surface area contributed by atoms with Gasteiger partial charge in [0.25, 0.3) is 0 Å². The lowest BCUT2D eigenvalue weighted by Gasteiger charge is -2.17. The quantitative estimate of drug-likeness (QED) is 0.708. The van der Waals surface area contributed by atoms with Crippen LogP contribution in [-0.2, 0) is 10.0 Å². The predicted octanol–water partition coefficient (Wildman–Crippen LogP) is -0.00840. The Morgan fingerprint density at radius 2 is 2.00 bits per heavy atom. The SMILES string of the molecule is O=S1(=O)CCCN1c1ccc(NCC(O)CO)cc1. The molecule has 7 heteroatoms. The molecule has 0 spiro atoms. The van der Waals surface area contributed by atoms with E-state index < -0.39 is 16.1 Å². The highest BCUT2D eigenvalue weighted by molar-refractivity contribution is 7.93. The predicted molar refractivity (Wildman–Crippen MR) is 73.8 cm³/mol. The molecule has 1 unspecified atom stereocenters. The summed E-state index contributed by atoms with van der Waals surface area (Å²) in [6, 6.07) is 6.98. The van der Waals surface area contributed by atoms with Crippen LogP contribution in [0.3, 0.4) is 0 Å². The van der Waals surface area contributed by atoms with Crippen molar-refractivity contribution < 1.29 is 18.6 Å². The van der Waals surface area contributed by atoms with Crippen LogP contribution in [0.4, 0.5) is 11.4 Å². The molecule has 1 aliphatic rings. The summed E-state index contributed by atoms with van der Waals surface area (Å²) in [6.07, 6.45) is -0.149. The largest absolute Gasteiger partial charge is 0.394 e. The number of sulfonamides is 1.